The van der Waals surface area contributed by atoms with Crippen LogP contribution in [-0.4, -0.2) is 24.3 Å². The van der Waals surface area contributed by atoms with Crippen LogP contribution in [0.2, 0.25) is 0 Å². The molecule has 0 saturated carbocycles. The quantitative estimate of drug-likeness (QED) is 0.724. The van der Waals surface area contributed by atoms with E-state index in [1.807, 2.05) is 19.1 Å². The van der Waals surface area contributed by atoms with Crippen molar-refractivity contribution in [2.24, 2.45) is 0 Å². The molecule has 1 aliphatic carbocycles. The highest BCUT2D eigenvalue weighted by Gasteiger charge is 2.11. The summed E-state index contributed by atoms with van der Waals surface area (Å²) in [5, 5.41) is 8.76. The van der Waals surface area contributed by atoms with Gasteiger partial charge in [0.1, 0.15) is 0 Å². The number of ether oxygens (including phenoxy) is 1. The lowest BCUT2D eigenvalue weighted by Gasteiger charge is -2.17. The number of hydrogen-bond acceptors (Lipinski definition) is 2. The molecule has 15 heavy (non-hydrogen) atoms. The second kappa shape index (κ2) is 4.94. The number of carboxylic acids is 1. The summed E-state index contributed by atoms with van der Waals surface area (Å²) in [6.07, 6.45) is 6.64. The fourth-order valence-corrected chi connectivity index (χ4v) is 1.48. The van der Waals surface area contributed by atoms with Crippen LogP contribution in [0.4, 0.5) is 0 Å². The van der Waals surface area contributed by atoms with E-state index in [4.69, 9.17) is 9.84 Å². The molecule has 0 spiro atoms. The zero-order valence-electron chi connectivity index (χ0n) is 9.28. The first-order valence-electron chi connectivity index (χ1n) is 4.88. The molecular weight excluding hydrogens is 192 g/mol. The molecule has 82 valence electrons. The standard InChI is InChI=1S/C12H16O3/c1-8-7-11(15-3)5-4-10(8)6-9(2)12(13)14/h4,6-7,11H,5H2,1-3H3,(H,13,14)/b9-6+. The van der Waals surface area contributed by atoms with Gasteiger partial charge in [-0.25, -0.2) is 4.79 Å². The van der Waals surface area contributed by atoms with E-state index in [0.29, 0.717) is 5.57 Å². The fraction of sp³-hybridized carbons (Fsp3) is 0.417. The monoisotopic (exact) mass is 208 g/mol. The van der Waals surface area contributed by atoms with Gasteiger partial charge < -0.3 is 9.84 Å². The first-order valence-corrected chi connectivity index (χ1v) is 4.88. The summed E-state index contributed by atoms with van der Waals surface area (Å²) in [7, 11) is 1.67. The highest BCUT2D eigenvalue weighted by Crippen LogP contribution is 2.22. The number of hydrogen-bond donors (Lipinski definition) is 1. The van der Waals surface area contributed by atoms with Crippen molar-refractivity contribution >= 4 is 5.97 Å². The Morgan fingerprint density at radius 1 is 1.67 bits per heavy atom. The average molecular weight is 208 g/mol. The number of carbonyl (C=O) groups is 1. The Labute approximate surface area is 89.7 Å². The third-order valence-corrected chi connectivity index (χ3v) is 2.47. The summed E-state index contributed by atoms with van der Waals surface area (Å²) >= 11 is 0. The van der Waals surface area contributed by atoms with Crippen molar-refractivity contribution in [1.29, 1.82) is 0 Å². The molecule has 0 saturated heterocycles. The van der Waals surface area contributed by atoms with Crippen LogP contribution in [0.15, 0.2) is 34.9 Å². The first-order chi connectivity index (χ1) is 7.04. The molecule has 0 aromatic carbocycles. The minimum absolute atomic E-state index is 0.118. The molecule has 1 atom stereocenters. The summed E-state index contributed by atoms with van der Waals surface area (Å²) in [4.78, 5) is 10.7. The zero-order valence-corrected chi connectivity index (χ0v) is 9.28. The summed E-state index contributed by atoms with van der Waals surface area (Å²) in [5.41, 5.74) is 2.39. The van der Waals surface area contributed by atoms with E-state index >= 15 is 0 Å². The number of methoxy groups -OCH3 is 1. The smallest absolute Gasteiger partial charge is 0.331 e. The maximum absolute atomic E-state index is 10.7. The Bertz CT molecular complexity index is 348. The molecule has 0 radical (unpaired) electrons. The molecule has 0 heterocycles. The first kappa shape index (κ1) is 11.7. The zero-order chi connectivity index (χ0) is 11.4. The second-order valence-electron chi connectivity index (χ2n) is 3.65. The van der Waals surface area contributed by atoms with E-state index in [2.05, 4.69) is 0 Å². The minimum atomic E-state index is -0.877. The molecule has 1 aliphatic rings. The topological polar surface area (TPSA) is 46.5 Å². The molecular formula is C12H16O3. The number of allylic oxidation sites excluding steroid dienone is 3. The maximum Gasteiger partial charge on any atom is 0.331 e. The molecule has 0 aromatic rings. The van der Waals surface area contributed by atoms with Crippen LogP contribution in [0, 0.1) is 0 Å². The van der Waals surface area contributed by atoms with E-state index in [-0.39, 0.29) is 6.10 Å². The van der Waals surface area contributed by atoms with E-state index in [9.17, 15) is 4.79 Å². The van der Waals surface area contributed by atoms with E-state index in [1.54, 1.807) is 20.1 Å². The van der Waals surface area contributed by atoms with Gasteiger partial charge in [0.2, 0.25) is 0 Å². The third kappa shape index (κ3) is 3.06. The van der Waals surface area contributed by atoms with Gasteiger partial charge in [-0.1, -0.05) is 12.2 Å². The Morgan fingerprint density at radius 3 is 2.80 bits per heavy atom. The van der Waals surface area contributed by atoms with Crippen molar-refractivity contribution in [3.05, 3.63) is 34.9 Å². The van der Waals surface area contributed by atoms with Crippen LogP contribution in [0.3, 0.4) is 0 Å². The van der Waals surface area contributed by atoms with Gasteiger partial charge in [-0.3, -0.25) is 0 Å². The van der Waals surface area contributed by atoms with Gasteiger partial charge in [-0.2, -0.15) is 0 Å². The minimum Gasteiger partial charge on any atom is -0.478 e. The predicted octanol–water partition coefficient (Wildman–Crippen LogP) is 2.31. The van der Waals surface area contributed by atoms with Crippen molar-refractivity contribution < 1.29 is 14.6 Å². The van der Waals surface area contributed by atoms with E-state index in [1.165, 1.54) is 0 Å². The van der Waals surface area contributed by atoms with Crippen molar-refractivity contribution in [2.45, 2.75) is 26.4 Å². The van der Waals surface area contributed by atoms with Crippen molar-refractivity contribution in [3.8, 4) is 0 Å². The fourth-order valence-electron chi connectivity index (χ4n) is 1.48. The summed E-state index contributed by atoms with van der Waals surface area (Å²) in [6, 6.07) is 0. The van der Waals surface area contributed by atoms with Gasteiger partial charge in [0, 0.05) is 12.7 Å². The molecule has 0 aliphatic heterocycles. The van der Waals surface area contributed by atoms with Gasteiger partial charge in [0.25, 0.3) is 0 Å². The molecule has 3 nitrogen and oxygen atoms in total. The number of aliphatic carboxylic acids is 1. The highest BCUT2D eigenvalue weighted by atomic mass is 16.5. The van der Waals surface area contributed by atoms with E-state index in [0.717, 1.165) is 17.6 Å². The van der Waals surface area contributed by atoms with Gasteiger partial charge in [-0.15, -0.1) is 0 Å². The Kier molecular flexibility index (Phi) is 3.86. The van der Waals surface area contributed by atoms with E-state index < -0.39 is 5.97 Å². The van der Waals surface area contributed by atoms with Gasteiger partial charge in [-0.05, 0) is 37.5 Å². The van der Waals surface area contributed by atoms with Crippen LogP contribution < -0.4 is 0 Å². The highest BCUT2D eigenvalue weighted by molar-refractivity contribution is 5.86. The molecule has 1 rings (SSSR count). The predicted molar refractivity (Wildman–Crippen MR) is 58.6 cm³/mol. The van der Waals surface area contributed by atoms with Crippen LogP contribution in [0.1, 0.15) is 20.3 Å². The Balaban J connectivity index is 2.83. The SMILES string of the molecule is COC1C=C(C)C(/C=C(\C)C(=O)O)=CC1. The normalized spacial score (nSPS) is 22.1. The number of rotatable bonds is 3. The van der Waals surface area contributed by atoms with Crippen LogP contribution in [0.25, 0.3) is 0 Å². The van der Waals surface area contributed by atoms with Gasteiger partial charge >= 0.3 is 5.97 Å². The molecule has 1 unspecified atom stereocenters. The summed E-state index contributed by atoms with van der Waals surface area (Å²) < 4.78 is 5.20. The molecule has 0 aromatic heterocycles. The molecule has 0 fully saturated rings. The van der Waals surface area contributed by atoms with Gasteiger partial charge in [0.05, 0.1) is 6.10 Å². The average Bonchev–Trinajstić information content (AvgIpc) is 2.20. The summed E-state index contributed by atoms with van der Waals surface area (Å²) in [6.45, 7) is 3.56. The lowest BCUT2D eigenvalue weighted by Crippen LogP contribution is -2.10. The summed E-state index contributed by atoms with van der Waals surface area (Å²) in [5.74, 6) is -0.877. The lowest BCUT2D eigenvalue weighted by molar-refractivity contribution is -0.132. The molecule has 0 bridgehead atoms. The van der Waals surface area contributed by atoms with Crippen LogP contribution in [-0.2, 0) is 9.53 Å². The van der Waals surface area contributed by atoms with Crippen molar-refractivity contribution in [1.82, 2.24) is 0 Å². The Morgan fingerprint density at radius 2 is 2.33 bits per heavy atom. The largest absolute Gasteiger partial charge is 0.478 e. The Hall–Kier alpha value is -1.35. The third-order valence-electron chi connectivity index (χ3n) is 2.47. The van der Waals surface area contributed by atoms with Crippen molar-refractivity contribution in [2.75, 3.05) is 7.11 Å². The lowest BCUT2D eigenvalue weighted by atomic mass is 9.96. The van der Waals surface area contributed by atoms with Gasteiger partial charge in [0.15, 0.2) is 0 Å². The maximum atomic E-state index is 10.7. The second-order valence-corrected chi connectivity index (χ2v) is 3.65. The van der Waals surface area contributed by atoms with Crippen LogP contribution >= 0.6 is 0 Å². The number of carboxylic acid groups (broad SMARTS) is 1. The molecule has 1 N–H and O–H groups in total. The molecule has 0 amide bonds. The van der Waals surface area contributed by atoms with Crippen LogP contribution in [0.5, 0.6) is 0 Å². The molecule has 3 heteroatoms. The van der Waals surface area contributed by atoms with Crippen molar-refractivity contribution in [3.63, 3.8) is 0 Å².